The molecule has 1 aliphatic rings. The highest BCUT2D eigenvalue weighted by Crippen LogP contribution is 2.23. The van der Waals surface area contributed by atoms with Gasteiger partial charge in [-0.3, -0.25) is 9.59 Å². The maximum Gasteiger partial charge on any atom is 0.256 e. The molecule has 1 aromatic carbocycles. The van der Waals surface area contributed by atoms with Crippen LogP contribution in [0.4, 0.5) is 0 Å². The van der Waals surface area contributed by atoms with Gasteiger partial charge in [0.2, 0.25) is 5.91 Å². The zero-order valence-corrected chi connectivity index (χ0v) is 13.4. The zero-order valence-electron chi connectivity index (χ0n) is 11.9. The summed E-state index contributed by atoms with van der Waals surface area (Å²) >= 11 is 11.9. The van der Waals surface area contributed by atoms with E-state index in [0.717, 1.165) is 0 Å². The van der Waals surface area contributed by atoms with Crippen LogP contribution in [0.15, 0.2) is 18.2 Å². The smallest absolute Gasteiger partial charge is 0.256 e. The van der Waals surface area contributed by atoms with Crippen molar-refractivity contribution < 1.29 is 9.59 Å². The largest absolute Gasteiger partial charge is 0.347 e. The number of piperazine rings is 1. The molecule has 1 heterocycles. The Kier molecular flexibility index (Phi) is 5.08. The van der Waals surface area contributed by atoms with Crippen molar-refractivity contribution in [1.82, 2.24) is 15.1 Å². The van der Waals surface area contributed by atoms with Gasteiger partial charge >= 0.3 is 0 Å². The molecule has 1 unspecified atom stereocenters. The second kappa shape index (κ2) is 6.64. The fraction of sp³-hybridized carbons (Fsp3) is 0.429. The first-order valence-electron chi connectivity index (χ1n) is 6.59. The van der Waals surface area contributed by atoms with E-state index < -0.39 is 6.04 Å². The first-order chi connectivity index (χ1) is 9.91. The van der Waals surface area contributed by atoms with Crippen molar-refractivity contribution in [2.75, 3.05) is 33.7 Å². The van der Waals surface area contributed by atoms with E-state index in [-0.39, 0.29) is 11.8 Å². The van der Waals surface area contributed by atoms with E-state index in [1.807, 2.05) is 0 Å². The molecular weight excluding hydrogens is 313 g/mol. The Morgan fingerprint density at radius 2 is 2.05 bits per heavy atom. The van der Waals surface area contributed by atoms with Crippen molar-refractivity contribution in [3.8, 4) is 0 Å². The van der Waals surface area contributed by atoms with E-state index in [2.05, 4.69) is 5.32 Å². The lowest BCUT2D eigenvalue weighted by Gasteiger charge is -2.36. The van der Waals surface area contributed by atoms with Gasteiger partial charge in [0.05, 0.1) is 10.6 Å². The normalized spacial score (nSPS) is 18.5. The second-order valence-electron chi connectivity index (χ2n) is 5.08. The maximum atomic E-state index is 12.7. The van der Waals surface area contributed by atoms with E-state index in [0.29, 0.717) is 35.2 Å². The molecule has 5 nitrogen and oxygen atoms in total. The van der Waals surface area contributed by atoms with Crippen LogP contribution in [0.1, 0.15) is 10.4 Å². The molecule has 7 heteroatoms. The highest BCUT2D eigenvalue weighted by Gasteiger charge is 2.34. The van der Waals surface area contributed by atoms with Crippen molar-refractivity contribution in [2.24, 2.45) is 0 Å². The Labute approximate surface area is 133 Å². The summed E-state index contributed by atoms with van der Waals surface area (Å²) in [7, 11) is 3.35. The molecule has 0 radical (unpaired) electrons. The number of likely N-dealkylation sites (N-methyl/N-ethyl adjacent to an activating group) is 1. The SMILES string of the molecule is CN(C)C(=O)C1CNCCN1C(=O)c1ccc(Cl)cc1Cl. The topological polar surface area (TPSA) is 52.7 Å². The number of nitrogens with one attached hydrogen (secondary N) is 1. The third kappa shape index (κ3) is 3.48. The highest BCUT2D eigenvalue weighted by molar-refractivity contribution is 6.36. The van der Waals surface area contributed by atoms with Gasteiger partial charge in [-0.2, -0.15) is 0 Å². The number of rotatable bonds is 2. The maximum absolute atomic E-state index is 12.7. The number of amides is 2. The Balaban J connectivity index is 2.28. The highest BCUT2D eigenvalue weighted by atomic mass is 35.5. The molecule has 0 bridgehead atoms. The van der Waals surface area contributed by atoms with Crippen molar-refractivity contribution in [1.29, 1.82) is 0 Å². The Morgan fingerprint density at radius 3 is 2.67 bits per heavy atom. The number of hydrogen-bond donors (Lipinski definition) is 1. The van der Waals surface area contributed by atoms with Crippen LogP contribution in [0.3, 0.4) is 0 Å². The molecule has 0 spiro atoms. The van der Waals surface area contributed by atoms with E-state index in [4.69, 9.17) is 23.2 Å². The molecule has 0 saturated carbocycles. The summed E-state index contributed by atoms with van der Waals surface area (Å²) in [5, 5.41) is 3.90. The summed E-state index contributed by atoms with van der Waals surface area (Å²) in [4.78, 5) is 27.9. The van der Waals surface area contributed by atoms with E-state index in [9.17, 15) is 9.59 Å². The third-order valence-electron chi connectivity index (χ3n) is 3.39. The van der Waals surface area contributed by atoms with Gasteiger partial charge in [0.1, 0.15) is 6.04 Å². The minimum atomic E-state index is -0.520. The predicted octanol–water partition coefficient (Wildman–Crippen LogP) is 1.50. The fourth-order valence-corrected chi connectivity index (χ4v) is 2.77. The molecule has 0 aromatic heterocycles. The van der Waals surface area contributed by atoms with Crippen LogP contribution in [-0.2, 0) is 4.79 Å². The predicted molar refractivity (Wildman–Crippen MR) is 82.9 cm³/mol. The lowest BCUT2D eigenvalue weighted by atomic mass is 10.1. The van der Waals surface area contributed by atoms with Crippen LogP contribution < -0.4 is 5.32 Å². The molecule has 1 fully saturated rings. The molecule has 1 aromatic rings. The quantitative estimate of drug-likeness (QED) is 0.894. The number of hydrogen-bond acceptors (Lipinski definition) is 3. The third-order valence-corrected chi connectivity index (χ3v) is 3.94. The number of carbonyl (C=O) groups is 2. The van der Waals surface area contributed by atoms with Gasteiger partial charge in [0, 0.05) is 38.8 Å². The van der Waals surface area contributed by atoms with E-state index in [1.165, 1.54) is 11.0 Å². The minimum Gasteiger partial charge on any atom is -0.347 e. The van der Waals surface area contributed by atoms with Crippen LogP contribution in [0.2, 0.25) is 10.0 Å². The average molecular weight is 330 g/mol. The minimum absolute atomic E-state index is 0.111. The number of halogens is 2. The summed E-state index contributed by atoms with van der Waals surface area (Å²) < 4.78 is 0. The van der Waals surface area contributed by atoms with Crippen molar-refractivity contribution in [3.63, 3.8) is 0 Å². The van der Waals surface area contributed by atoms with Crippen LogP contribution in [0, 0.1) is 0 Å². The molecule has 1 atom stereocenters. The van der Waals surface area contributed by atoms with Gasteiger partial charge in [-0.15, -0.1) is 0 Å². The molecule has 1 N–H and O–H groups in total. The lowest BCUT2D eigenvalue weighted by Crippen LogP contribution is -2.59. The number of nitrogens with zero attached hydrogens (tertiary/aromatic N) is 2. The molecule has 21 heavy (non-hydrogen) atoms. The van der Waals surface area contributed by atoms with Gasteiger partial charge in [-0.1, -0.05) is 23.2 Å². The Morgan fingerprint density at radius 1 is 1.33 bits per heavy atom. The molecule has 1 saturated heterocycles. The van der Waals surface area contributed by atoms with Gasteiger partial charge in [-0.05, 0) is 18.2 Å². The summed E-state index contributed by atoms with van der Waals surface area (Å²) in [6.07, 6.45) is 0. The summed E-state index contributed by atoms with van der Waals surface area (Å²) in [5.41, 5.74) is 0.361. The van der Waals surface area contributed by atoms with Gasteiger partial charge < -0.3 is 15.1 Å². The Bertz CT molecular complexity index is 563. The number of carbonyl (C=O) groups excluding carboxylic acids is 2. The van der Waals surface area contributed by atoms with Crippen LogP contribution in [0.5, 0.6) is 0 Å². The molecular formula is C14H17Cl2N3O2. The summed E-state index contributed by atoms with van der Waals surface area (Å²) in [5.74, 6) is -0.362. The van der Waals surface area contributed by atoms with Crippen molar-refractivity contribution in [2.45, 2.75) is 6.04 Å². The van der Waals surface area contributed by atoms with E-state index >= 15 is 0 Å². The Hall–Kier alpha value is -1.30. The van der Waals surface area contributed by atoms with Crippen LogP contribution in [-0.4, -0.2) is 61.4 Å². The monoisotopic (exact) mass is 329 g/mol. The molecule has 0 aliphatic carbocycles. The zero-order chi connectivity index (χ0) is 15.6. The van der Waals surface area contributed by atoms with Gasteiger partial charge in [-0.25, -0.2) is 0 Å². The van der Waals surface area contributed by atoms with Crippen LogP contribution in [0.25, 0.3) is 0 Å². The molecule has 2 rings (SSSR count). The average Bonchev–Trinajstić information content (AvgIpc) is 2.45. The van der Waals surface area contributed by atoms with Gasteiger partial charge in [0.25, 0.3) is 5.91 Å². The van der Waals surface area contributed by atoms with Crippen molar-refractivity contribution >= 4 is 35.0 Å². The summed E-state index contributed by atoms with van der Waals surface area (Å²) in [6.45, 7) is 1.55. The first kappa shape index (κ1) is 16.1. The molecule has 1 aliphatic heterocycles. The molecule has 2 amide bonds. The van der Waals surface area contributed by atoms with Crippen LogP contribution >= 0.6 is 23.2 Å². The van der Waals surface area contributed by atoms with Gasteiger partial charge in [0.15, 0.2) is 0 Å². The summed E-state index contributed by atoms with van der Waals surface area (Å²) in [6, 6.07) is 4.21. The van der Waals surface area contributed by atoms with E-state index in [1.54, 1.807) is 31.1 Å². The standard InChI is InChI=1S/C14H17Cl2N3O2/c1-18(2)14(21)12-8-17-5-6-19(12)13(20)10-4-3-9(15)7-11(10)16/h3-4,7,12,17H,5-6,8H2,1-2H3. The van der Waals surface area contributed by atoms with Crippen molar-refractivity contribution in [3.05, 3.63) is 33.8 Å². The fourth-order valence-electron chi connectivity index (χ4n) is 2.28. The number of benzene rings is 1. The lowest BCUT2D eigenvalue weighted by molar-refractivity contribution is -0.134. The second-order valence-corrected chi connectivity index (χ2v) is 5.92. The first-order valence-corrected chi connectivity index (χ1v) is 7.35. The molecule has 114 valence electrons.